The van der Waals surface area contributed by atoms with Gasteiger partial charge >= 0.3 is 0 Å². The zero-order chi connectivity index (χ0) is 28.2. The number of Topliss-reactive ketones (excluding diaryl/α,β-unsaturated/α-hetero) is 1. The van der Waals surface area contributed by atoms with Gasteiger partial charge in [0, 0.05) is 23.7 Å². The maximum absolute atomic E-state index is 13.9. The van der Waals surface area contributed by atoms with Crippen LogP contribution < -0.4 is 24.3 Å². The van der Waals surface area contributed by atoms with Gasteiger partial charge in [-0.1, -0.05) is 18.5 Å². The van der Waals surface area contributed by atoms with Crippen LogP contribution in [0.15, 0.2) is 48.7 Å². The molecule has 0 radical (unpaired) electrons. The number of nitrogens with one attached hydrogen (secondary N) is 1. The highest BCUT2D eigenvalue weighted by atomic mass is 35.5. The molecule has 1 aliphatic heterocycles. The van der Waals surface area contributed by atoms with E-state index in [2.05, 4.69) is 10.3 Å². The number of pyridine rings is 1. The molecule has 8 nitrogen and oxygen atoms in total. The lowest BCUT2D eigenvalue weighted by Crippen LogP contribution is -2.39. The fraction of sp³-hybridized carbons (Fsp3) is 0.345. The summed E-state index contributed by atoms with van der Waals surface area (Å²) in [5.41, 5.74) is 0.960. The number of halogens is 2. The van der Waals surface area contributed by atoms with Crippen LogP contribution in [0.5, 0.6) is 28.9 Å². The largest absolute Gasteiger partial charge is 0.490 e. The standard InChI is InChI=1S/C29H30ClFN2O6/c1-5-10-36-25-12-18(11-19-14-29(3,4)39-26(19)25)24(34)16-32-27(35)17(2)37-21-6-8-22(9-7-21)38-28-23(31)13-20(30)15-33-28/h6-9,11-13,15,17H,5,10,14,16H2,1-4H3,(H,32,35)/t17-/m1/s1. The topological polar surface area (TPSA) is 96.0 Å². The number of carbonyl (C=O) groups is 2. The number of hydrogen-bond acceptors (Lipinski definition) is 7. The van der Waals surface area contributed by atoms with Crippen molar-refractivity contribution in [3.05, 3.63) is 70.6 Å². The molecule has 2 aromatic carbocycles. The molecule has 0 bridgehead atoms. The van der Waals surface area contributed by atoms with Crippen LogP contribution in [-0.2, 0) is 11.2 Å². The molecule has 39 heavy (non-hydrogen) atoms. The number of fused-ring (bicyclic) bond motifs is 1. The molecule has 10 heteroatoms. The summed E-state index contributed by atoms with van der Waals surface area (Å²) in [5, 5.41) is 2.79. The molecule has 0 saturated carbocycles. The minimum absolute atomic E-state index is 0.161. The molecule has 0 unspecified atom stereocenters. The number of nitrogens with zero attached hydrogens (tertiary/aromatic N) is 1. The molecule has 1 aliphatic rings. The Kier molecular flexibility index (Phi) is 8.60. The molecule has 1 atom stereocenters. The molecule has 1 aromatic heterocycles. The fourth-order valence-corrected chi connectivity index (χ4v) is 4.15. The number of aromatic nitrogens is 1. The number of ketones is 1. The third kappa shape index (κ3) is 7.17. The zero-order valence-corrected chi connectivity index (χ0v) is 22.9. The molecule has 3 aromatic rings. The molecule has 1 amide bonds. The quantitative estimate of drug-likeness (QED) is 0.292. The Bertz CT molecular complexity index is 1360. The van der Waals surface area contributed by atoms with Gasteiger partial charge in [-0.2, -0.15) is 0 Å². The van der Waals surface area contributed by atoms with Crippen molar-refractivity contribution in [1.82, 2.24) is 10.3 Å². The van der Waals surface area contributed by atoms with E-state index in [0.29, 0.717) is 41.6 Å². The van der Waals surface area contributed by atoms with Gasteiger partial charge in [0.25, 0.3) is 11.8 Å². The van der Waals surface area contributed by atoms with Crippen molar-refractivity contribution in [2.75, 3.05) is 13.2 Å². The third-order valence-corrected chi connectivity index (χ3v) is 6.03. The van der Waals surface area contributed by atoms with Gasteiger partial charge in [-0.15, -0.1) is 0 Å². The SMILES string of the molecule is CCCOc1cc(C(=O)CNC(=O)[C@@H](C)Oc2ccc(Oc3ncc(Cl)cc3F)cc2)cc2c1OC(C)(C)C2. The van der Waals surface area contributed by atoms with Crippen LogP contribution >= 0.6 is 11.6 Å². The second-order valence-corrected chi connectivity index (χ2v) is 10.2. The summed E-state index contributed by atoms with van der Waals surface area (Å²) in [7, 11) is 0. The van der Waals surface area contributed by atoms with Crippen molar-refractivity contribution >= 4 is 23.3 Å². The summed E-state index contributed by atoms with van der Waals surface area (Å²) in [5.74, 6) is 0.302. The highest BCUT2D eigenvalue weighted by Gasteiger charge is 2.33. The summed E-state index contributed by atoms with van der Waals surface area (Å²) in [4.78, 5) is 29.4. The molecule has 0 aliphatic carbocycles. The summed E-state index contributed by atoms with van der Waals surface area (Å²) < 4.78 is 36.9. The molecular weight excluding hydrogens is 527 g/mol. The van der Waals surface area contributed by atoms with Crippen molar-refractivity contribution in [3.63, 3.8) is 0 Å². The van der Waals surface area contributed by atoms with Gasteiger partial charge in [0.05, 0.1) is 18.2 Å². The number of benzene rings is 2. The van der Waals surface area contributed by atoms with Crippen molar-refractivity contribution < 1.29 is 32.9 Å². The first-order valence-electron chi connectivity index (χ1n) is 12.6. The van der Waals surface area contributed by atoms with Crippen LogP contribution in [0, 0.1) is 5.82 Å². The summed E-state index contributed by atoms with van der Waals surface area (Å²) in [6.45, 7) is 7.84. The smallest absolute Gasteiger partial charge is 0.261 e. The van der Waals surface area contributed by atoms with E-state index >= 15 is 0 Å². The summed E-state index contributed by atoms with van der Waals surface area (Å²) in [6.07, 6.45) is 1.87. The van der Waals surface area contributed by atoms with Gasteiger partial charge < -0.3 is 24.3 Å². The van der Waals surface area contributed by atoms with Gasteiger partial charge in [-0.05, 0) is 69.7 Å². The van der Waals surface area contributed by atoms with Crippen LogP contribution in [0.25, 0.3) is 0 Å². The van der Waals surface area contributed by atoms with Crippen LogP contribution in [0.4, 0.5) is 4.39 Å². The minimum atomic E-state index is -0.877. The monoisotopic (exact) mass is 556 g/mol. The van der Waals surface area contributed by atoms with E-state index < -0.39 is 17.8 Å². The Balaban J connectivity index is 1.33. The Hall–Kier alpha value is -3.85. The maximum Gasteiger partial charge on any atom is 0.261 e. The third-order valence-electron chi connectivity index (χ3n) is 5.83. The molecule has 0 spiro atoms. The van der Waals surface area contributed by atoms with Gasteiger partial charge in [-0.25, -0.2) is 9.37 Å². The van der Waals surface area contributed by atoms with Gasteiger partial charge in [-0.3, -0.25) is 9.59 Å². The number of ether oxygens (including phenoxy) is 4. The Labute approximate surface area is 231 Å². The predicted molar refractivity (Wildman–Crippen MR) is 144 cm³/mol. The van der Waals surface area contributed by atoms with Crippen LogP contribution in [-0.4, -0.2) is 41.5 Å². The molecule has 0 fully saturated rings. The van der Waals surface area contributed by atoms with E-state index in [4.69, 9.17) is 30.5 Å². The van der Waals surface area contributed by atoms with Crippen molar-refractivity contribution in [1.29, 1.82) is 0 Å². The van der Waals surface area contributed by atoms with Crippen LogP contribution in [0.1, 0.15) is 50.0 Å². The van der Waals surface area contributed by atoms with Crippen molar-refractivity contribution in [2.24, 2.45) is 0 Å². The molecule has 206 valence electrons. The van der Waals surface area contributed by atoms with Crippen molar-refractivity contribution in [3.8, 4) is 28.9 Å². The van der Waals surface area contributed by atoms with E-state index in [0.717, 1.165) is 18.1 Å². The second kappa shape index (κ2) is 11.9. The minimum Gasteiger partial charge on any atom is -0.490 e. The van der Waals surface area contributed by atoms with Gasteiger partial charge in [0.15, 0.2) is 29.2 Å². The number of carbonyl (C=O) groups excluding carboxylic acids is 2. The average molecular weight is 557 g/mol. The van der Waals surface area contributed by atoms with Gasteiger partial charge in [0.1, 0.15) is 17.1 Å². The fourth-order valence-electron chi connectivity index (χ4n) is 4.00. The van der Waals surface area contributed by atoms with Crippen molar-refractivity contribution in [2.45, 2.75) is 52.2 Å². The Morgan fingerprint density at radius 2 is 1.90 bits per heavy atom. The van der Waals surface area contributed by atoms with E-state index in [1.807, 2.05) is 20.8 Å². The maximum atomic E-state index is 13.9. The van der Waals surface area contributed by atoms with Crippen LogP contribution in [0.3, 0.4) is 0 Å². The first kappa shape index (κ1) is 28.2. The molecule has 4 rings (SSSR count). The Morgan fingerprint density at radius 1 is 1.18 bits per heavy atom. The highest BCUT2D eigenvalue weighted by molar-refractivity contribution is 6.30. The number of rotatable bonds is 11. The summed E-state index contributed by atoms with van der Waals surface area (Å²) >= 11 is 5.70. The highest BCUT2D eigenvalue weighted by Crippen LogP contribution is 2.43. The van der Waals surface area contributed by atoms with E-state index in [1.165, 1.54) is 6.20 Å². The lowest BCUT2D eigenvalue weighted by atomic mass is 9.98. The molecular formula is C29H30ClFN2O6. The first-order valence-corrected chi connectivity index (χ1v) is 13.0. The van der Waals surface area contributed by atoms with E-state index in [9.17, 15) is 14.0 Å². The molecule has 0 saturated heterocycles. The average Bonchev–Trinajstić information content (AvgIpc) is 3.22. The number of amides is 1. The first-order chi connectivity index (χ1) is 18.5. The normalized spacial score (nSPS) is 14.1. The number of hydrogen-bond donors (Lipinski definition) is 1. The van der Waals surface area contributed by atoms with Crippen LogP contribution in [0.2, 0.25) is 5.02 Å². The van der Waals surface area contributed by atoms with Gasteiger partial charge in [0.2, 0.25) is 0 Å². The van der Waals surface area contributed by atoms with E-state index in [-0.39, 0.29) is 28.8 Å². The van der Waals surface area contributed by atoms with E-state index in [1.54, 1.807) is 43.3 Å². The Morgan fingerprint density at radius 3 is 2.59 bits per heavy atom. The predicted octanol–water partition coefficient (Wildman–Crippen LogP) is 5.94. The summed E-state index contributed by atoms with van der Waals surface area (Å²) in [6, 6.07) is 10.8. The zero-order valence-electron chi connectivity index (χ0n) is 22.2. The lowest BCUT2D eigenvalue weighted by molar-refractivity contribution is -0.127. The second-order valence-electron chi connectivity index (χ2n) is 9.76. The lowest BCUT2D eigenvalue weighted by Gasteiger charge is -2.18. The molecule has 1 N–H and O–H groups in total. The molecule has 2 heterocycles.